The molecule has 0 unspecified atom stereocenters. The summed E-state index contributed by atoms with van der Waals surface area (Å²) in [6, 6.07) is 1.78. The number of aromatic amines is 1. The Bertz CT molecular complexity index is 557. The minimum Gasteiger partial charge on any atom is -0.472 e. The first kappa shape index (κ1) is 9.35. The van der Waals surface area contributed by atoms with Gasteiger partial charge in [-0.3, -0.25) is 4.79 Å². The van der Waals surface area contributed by atoms with Gasteiger partial charge in [-0.1, -0.05) is 0 Å². The normalized spacial score (nSPS) is 14.8. The molecule has 3 heterocycles. The van der Waals surface area contributed by atoms with Crippen LogP contribution in [0.1, 0.15) is 11.3 Å². The molecule has 0 saturated heterocycles. The predicted octanol–water partition coefficient (Wildman–Crippen LogP) is 0.676. The lowest BCUT2D eigenvalue weighted by molar-refractivity contribution is 0.567. The van der Waals surface area contributed by atoms with E-state index >= 15 is 0 Å². The highest BCUT2D eigenvalue weighted by Gasteiger charge is 2.15. The molecular formula is C11H11N3O2. The van der Waals surface area contributed by atoms with E-state index in [0.717, 1.165) is 29.8 Å². The molecule has 0 radical (unpaired) electrons. The van der Waals surface area contributed by atoms with Crippen molar-refractivity contribution >= 4 is 0 Å². The Balaban J connectivity index is 2.16. The number of rotatable bonds is 1. The fourth-order valence-electron chi connectivity index (χ4n) is 1.90. The molecule has 0 saturated carbocycles. The number of nitrogens with one attached hydrogen (secondary N) is 2. The van der Waals surface area contributed by atoms with Crippen LogP contribution in [0.2, 0.25) is 0 Å². The van der Waals surface area contributed by atoms with E-state index in [-0.39, 0.29) is 5.56 Å². The largest absolute Gasteiger partial charge is 0.472 e. The zero-order valence-electron chi connectivity index (χ0n) is 8.62. The van der Waals surface area contributed by atoms with Crippen LogP contribution < -0.4 is 10.9 Å². The number of hydrogen-bond donors (Lipinski definition) is 2. The van der Waals surface area contributed by atoms with Gasteiger partial charge in [0.05, 0.1) is 17.5 Å². The Kier molecular flexibility index (Phi) is 2.11. The number of nitrogens with zero attached hydrogens (tertiary/aromatic N) is 1. The monoisotopic (exact) mass is 217 g/mol. The van der Waals surface area contributed by atoms with Gasteiger partial charge < -0.3 is 14.7 Å². The first-order chi connectivity index (χ1) is 7.84. The molecule has 3 rings (SSSR count). The van der Waals surface area contributed by atoms with E-state index in [2.05, 4.69) is 15.3 Å². The van der Waals surface area contributed by atoms with Crippen LogP contribution in [0.15, 0.2) is 27.8 Å². The average Bonchev–Trinajstić information content (AvgIpc) is 2.82. The van der Waals surface area contributed by atoms with Gasteiger partial charge in [0.1, 0.15) is 12.1 Å². The van der Waals surface area contributed by atoms with E-state index in [1.165, 1.54) is 0 Å². The maximum atomic E-state index is 11.8. The maximum absolute atomic E-state index is 11.8. The maximum Gasteiger partial charge on any atom is 0.254 e. The van der Waals surface area contributed by atoms with E-state index in [1.54, 1.807) is 18.6 Å². The molecular weight excluding hydrogens is 206 g/mol. The molecule has 0 spiro atoms. The van der Waals surface area contributed by atoms with Crippen LogP contribution in [0, 0.1) is 0 Å². The Morgan fingerprint density at radius 1 is 1.44 bits per heavy atom. The Labute approximate surface area is 91.5 Å². The molecule has 16 heavy (non-hydrogen) atoms. The lowest BCUT2D eigenvalue weighted by Gasteiger charge is -2.15. The van der Waals surface area contributed by atoms with Crippen molar-refractivity contribution in [3.05, 3.63) is 40.2 Å². The third-order valence-corrected chi connectivity index (χ3v) is 2.74. The highest BCUT2D eigenvalue weighted by atomic mass is 16.3. The third-order valence-electron chi connectivity index (χ3n) is 2.74. The summed E-state index contributed by atoms with van der Waals surface area (Å²) in [5.41, 5.74) is 2.39. The summed E-state index contributed by atoms with van der Waals surface area (Å²) in [4.78, 5) is 19.0. The standard InChI is InChI=1S/C11H11N3O2/c15-11-8-1-3-12-5-9(8)13-10(14-11)7-2-4-16-6-7/h2,4,6,12H,1,3,5H2,(H,13,14,15). The van der Waals surface area contributed by atoms with E-state index in [0.29, 0.717) is 12.4 Å². The first-order valence-corrected chi connectivity index (χ1v) is 5.20. The van der Waals surface area contributed by atoms with E-state index < -0.39 is 0 Å². The minimum atomic E-state index is -0.0392. The molecule has 0 atom stereocenters. The zero-order chi connectivity index (χ0) is 11.0. The molecule has 2 aromatic rings. The van der Waals surface area contributed by atoms with Crippen LogP contribution in [0.25, 0.3) is 11.4 Å². The summed E-state index contributed by atoms with van der Waals surface area (Å²) in [6.07, 6.45) is 3.87. The second-order valence-corrected chi connectivity index (χ2v) is 3.78. The van der Waals surface area contributed by atoms with Gasteiger partial charge in [-0.15, -0.1) is 0 Å². The van der Waals surface area contributed by atoms with Gasteiger partial charge in [-0.2, -0.15) is 0 Å². The fraction of sp³-hybridized carbons (Fsp3) is 0.273. The van der Waals surface area contributed by atoms with Crippen molar-refractivity contribution in [3.8, 4) is 11.4 Å². The number of hydrogen-bond acceptors (Lipinski definition) is 4. The zero-order valence-corrected chi connectivity index (χ0v) is 8.62. The summed E-state index contributed by atoms with van der Waals surface area (Å²) >= 11 is 0. The van der Waals surface area contributed by atoms with Crippen LogP contribution in [0.4, 0.5) is 0 Å². The Hall–Kier alpha value is -1.88. The molecule has 0 aliphatic carbocycles. The quantitative estimate of drug-likeness (QED) is 0.736. The predicted molar refractivity (Wildman–Crippen MR) is 58.0 cm³/mol. The van der Waals surface area contributed by atoms with Crippen molar-refractivity contribution in [2.45, 2.75) is 13.0 Å². The van der Waals surface area contributed by atoms with E-state index in [4.69, 9.17) is 4.42 Å². The summed E-state index contributed by atoms with van der Waals surface area (Å²) in [6.45, 7) is 1.49. The first-order valence-electron chi connectivity index (χ1n) is 5.20. The summed E-state index contributed by atoms with van der Waals surface area (Å²) in [5, 5.41) is 3.20. The highest BCUT2D eigenvalue weighted by Crippen LogP contribution is 2.16. The van der Waals surface area contributed by atoms with Crippen molar-refractivity contribution in [2.24, 2.45) is 0 Å². The van der Waals surface area contributed by atoms with Gasteiger partial charge in [-0.25, -0.2) is 4.98 Å². The summed E-state index contributed by atoms with van der Waals surface area (Å²) in [7, 11) is 0. The molecule has 1 aliphatic rings. The van der Waals surface area contributed by atoms with E-state index in [9.17, 15) is 4.79 Å². The molecule has 0 aromatic carbocycles. The molecule has 5 nitrogen and oxygen atoms in total. The molecule has 82 valence electrons. The molecule has 0 fully saturated rings. The van der Waals surface area contributed by atoms with Crippen LogP contribution in [0.5, 0.6) is 0 Å². The van der Waals surface area contributed by atoms with Crippen molar-refractivity contribution in [2.75, 3.05) is 6.54 Å². The topological polar surface area (TPSA) is 70.9 Å². The SMILES string of the molecule is O=c1[nH]c(-c2ccoc2)nc2c1CCNC2. The number of fused-ring (bicyclic) bond motifs is 1. The average molecular weight is 217 g/mol. The lowest BCUT2D eigenvalue weighted by Crippen LogP contribution is -2.31. The van der Waals surface area contributed by atoms with Crippen LogP contribution >= 0.6 is 0 Å². The highest BCUT2D eigenvalue weighted by molar-refractivity contribution is 5.52. The van der Waals surface area contributed by atoms with Gasteiger partial charge in [0.15, 0.2) is 0 Å². The Morgan fingerprint density at radius 3 is 3.19 bits per heavy atom. The smallest absolute Gasteiger partial charge is 0.254 e. The second-order valence-electron chi connectivity index (χ2n) is 3.78. The minimum absolute atomic E-state index is 0.0392. The van der Waals surface area contributed by atoms with Gasteiger partial charge in [-0.05, 0) is 19.0 Å². The van der Waals surface area contributed by atoms with E-state index in [1.807, 2.05) is 0 Å². The molecule has 2 N–H and O–H groups in total. The van der Waals surface area contributed by atoms with Gasteiger partial charge >= 0.3 is 0 Å². The fourth-order valence-corrected chi connectivity index (χ4v) is 1.90. The molecule has 5 heteroatoms. The second kappa shape index (κ2) is 3.61. The summed E-state index contributed by atoms with van der Waals surface area (Å²) < 4.78 is 4.98. The lowest BCUT2D eigenvalue weighted by atomic mass is 10.1. The number of furan rings is 1. The Morgan fingerprint density at radius 2 is 2.38 bits per heavy atom. The molecule has 0 amide bonds. The van der Waals surface area contributed by atoms with Crippen LogP contribution in [0.3, 0.4) is 0 Å². The molecule has 0 bridgehead atoms. The van der Waals surface area contributed by atoms with Gasteiger partial charge in [0.2, 0.25) is 0 Å². The van der Waals surface area contributed by atoms with Gasteiger partial charge in [0, 0.05) is 12.1 Å². The van der Waals surface area contributed by atoms with Crippen molar-refractivity contribution in [1.29, 1.82) is 0 Å². The van der Waals surface area contributed by atoms with Crippen LogP contribution in [-0.4, -0.2) is 16.5 Å². The van der Waals surface area contributed by atoms with Crippen molar-refractivity contribution in [3.63, 3.8) is 0 Å². The van der Waals surface area contributed by atoms with Crippen molar-refractivity contribution in [1.82, 2.24) is 15.3 Å². The number of aromatic nitrogens is 2. The summed E-state index contributed by atoms with van der Waals surface area (Å²) in [5.74, 6) is 0.571. The van der Waals surface area contributed by atoms with Crippen molar-refractivity contribution < 1.29 is 4.42 Å². The molecule has 2 aromatic heterocycles. The van der Waals surface area contributed by atoms with Gasteiger partial charge in [0.25, 0.3) is 5.56 Å². The molecule has 1 aliphatic heterocycles. The number of H-pyrrole nitrogens is 1. The third kappa shape index (κ3) is 1.45. The van der Waals surface area contributed by atoms with Crippen LogP contribution in [-0.2, 0) is 13.0 Å².